The second-order valence-electron chi connectivity index (χ2n) is 6.76. The average molecular weight is 482 g/mol. The Balaban J connectivity index is 1.56. The molecule has 32 heavy (non-hydrogen) atoms. The molecule has 1 N–H and O–H groups in total. The molecule has 1 amide bonds. The Hall–Kier alpha value is -2.99. The standard InChI is InChI=1S/C20H14F4N4O2S2/c21-12-5-3-11(4-6-12)14-8-13(15-2-1-7-31-15)27-28(14)18(30)10-32-19-25-16(20(22,23)24)9-17(29)26-19/h1-7,9,14H,8,10H2,(H,25,26,29)/t14-/m0/s1. The van der Waals surface area contributed by atoms with Crippen LogP contribution in [-0.4, -0.2) is 32.3 Å². The Bertz CT molecular complexity index is 1210. The van der Waals surface area contributed by atoms with E-state index in [1.165, 1.54) is 28.5 Å². The van der Waals surface area contributed by atoms with Gasteiger partial charge in [-0.05, 0) is 29.1 Å². The fourth-order valence-electron chi connectivity index (χ4n) is 3.12. The third-order valence-electron chi connectivity index (χ3n) is 4.57. The third-order valence-corrected chi connectivity index (χ3v) is 6.35. The zero-order valence-electron chi connectivity index (χ0n) is 16.1. The maximum atomic E-state index is 13.4. The molecule has 2 aromatic heterocycles. The van der Waals surface area contributed by atoms with E-state index < -0.39 is 35.2 Å². The van der Waals surface area contributed by atoms with Crippen molar-refractivity contribution in [2.75, 3.05) is 5.75 Å². The van der Waals surface area contributed by atoms with Gasteiger partial charge in [-0.2, -0.15) is 18.3 Å². The highest BCUT2D eigenvalue weighted by Crippen LogP contribution is 2.35. The summed E-state index contributed by atoms with van der Waals surface area (Å²) in [5.74, 6) is -1.21. The quantitative estimate of drug-likeness (QED) is 0.331. The molecule has 6 nitrogen and oxygen atoms in total. The number of nitrogens with zero attached hydrogens (tertiary/aromatic N) is 3. The first-order valence-electron chi connectivity index (χ1n) is 9.21. The van der Waals surface area contributed by atoms with Crippen LogP contribution in [0.1, 0.15) is 28.6 Å². The smallest absolute Gasteiger partial charge is 0.301 e. The average Bonchev–Trinajstić information content (AvgIpc) is 3.41. The number of thioether (sulfide) groups is 1. The lowest BCUT2D eigenvalue weighted by atomic mass is 10.0. The van der Waals surface area contributed by atoms with Crippen molar-refractivity contribution < 1.29 is 22.4 Å². The van der Waals surface area contributed by atoms with E-state index in [-0.39, 0.29) is 10.9 Å². The van der Waals surface area contributed by atoms with E-state index in [9.17, 15) is 27.2 Å². The highest BCUT2D eigenvalue weighted by Gasteiger charge is 2.35. The number of hydrogen-bond donors (Lipinski definition) is 1. The maximum absolute atomic E-state index is 13.4. The zero-order valence-corrected chi connectivity index (χ0v) is 17.7. The molecule has 0 spiro atoms. The van der Waals surface area contributed by atoms with E-state index in [1.54, 1.807) is 12.1 Å². The summed E-state index contributed by atoms with van der Waals surface area (Å²) in [7, 11) is 0. The van der Waals surface area contributed by atoms with E-state index in [1.807, 2.05) is 17.5 Å². The van der Waals surface area contributed by atoms with Gasteiger partial charge in [0.15, 0.2) is 10.9 Å². The zero-order chi connectivity index (χ0) is 22.9. The van der Waals surface area contributed by atoms with Crippen LogP contribution in [-0.2, 0) is 11.0 Å². The molecule has 0 bridgehead atoms. The number of carbonyl (C=O) groups excluding carboxylic acids is 1. The lowest BCUT2D eigenvalue weighted by molar-refractivity contribution is -0.141. The number of aromatic nitrogens is 2. The number of hydrogen-bond acceptors (Lipinski definition) is 6. The number of alkyl halides is 3. The Labute approximate surface area is 187 Å². The molecule has 0 fully saturated rings. The fraction of sp³-hybridized carbons (Fsp3) is 0.200. The molecule has 166 valence electrons. The summed E-state index contributed by atoms with van der Waals surface area (Å²) in [4.78, 5) is 30.9. The summed E-state index contributed by atoms with van der Waals surface area (Å²) in [6.45, 7) is 0. The molecule has 1 atom stereocenters. The van der Waals surface area contributed by atoms with Crippen LogP contribution < -0.4 is 5.56 Å². The highest BCUT2D eigenvalue weighted by molar-refractivity contribution is 7.99. The molecule has 1 aliphatic heterocycles. The van der Waals surface area contributed by atoms with Gasteiger partial charge in [0.1, 0.15) is 5.82 Å². The van der Waals surface area contributed by atoms with E-state index >= 15 is 0 Å². The molecular formula is C20H14F4N4O2S2. The molecule has 3 aromatic rings. The number of carbonyl (C=O) groups is 1. The van der Waals surface area contributed by atoms with Gasteiger partial charge in [-0.15, -0.1) is 11.3 Å². The molecule has 4 rings (SSSR count). The molecule has 1 aromatic carbocycles. The molecule has 12 heteroatoms. The molecule has 0 saturated heterocycles. The first-order chi connectivity index (χ1) is 15.2. The Morgan fingerprint density at radius 2 is 2.00 bits per heavy atom. The van der Waals surface area contributed by atoms with E-state index in [0.29, 0.717) is 35.5 Å². The van der Waals surface area contributed by atoms with Crippen molar-refractivity contribution in [2.24, 2.45) is 5.10 Å². The van der Waals surface area contributed by atoms with Gasteiger partial charge < -0.3 is 4.98 Å². The van der Waals surface area contributed by atoms with Crippen LogP contribution in [0.2, 0.25) is 0 Å². The van der Waals surface area contributed by atoms with Gasteiger partial charge in [0.25, 0.3) is 11.5 Å². The molecule has 0 unspecified atom stereocenters. The van der Waals surface area contributed by atoms with Crippen LogP contribution in [0.4, 0.5) is 17.6 Å². The number of hydrazone groups is 1. The minimum atomic E-state index is -4.78. The normalized spacial score (nSPS) is 16.3. The predicted octanol–water partition coefficient (Wildman–Crippen LogP) is 4.46. The summed E-state index contributed by atoms with van der Waals surface area (Å²) in [5, 5.41) is 7.23. The fourth-order valence-corrected chi connectivity index (χ4v) is 4.57. The van der Waals surface area contributed by atoms with Crippen LogP contribution in [0, 0.1) is 5.82 Å². The van der Waals surface area contributed by atoms with Crippen molar-refractivity contribution in [3.63, 3.8) is 0 Å². The summed E-state index contributed by atoms with van der Waals surface area (Å²) < 4.78 is 52.0. The van der Waals surface area contributed by atoms with Crippen molar-refractivity contribution in [3.8, 4) is 0 Å². The summed E-state index contributed by atoms with van der Waals surface area (Å²) in [6.07, 6.45) is -4.38. The predicted molar refractivity (Wildman–Crippen MR) is 112 cm³/mol. The minimum Gasteiger partial charge on any atom is -0.301 e. The largest absolute Gasteiger partial charge is 0.433 e. The van der Waals surface area contributed by atoms with Crippen LogP contribution in [0.3, 0.4) is 0 Å². The number of amides is 1. The number of thiophene rings is 1. The van der Waals surface area contributed by atoms with E-state index in [2.05, 4.69) is 15.1 Å². The van der Waals surface area contributed by atoms with Gasteiger partial charge in [0.2, 0.25) is 0 Å². The number of H-pyrrole nitrogens is 1. The summed E-state index contributed by atoms with van der Waals surface area (Å²) in [5.41, 5.74) is -0.950. The second kappa shape index (κ2) is 8.87. The number of halogens is 4. The molecule has 0 aliphatic carbocycles. The Kier molecular flexibility index (Phi) is 6.15. The van der Waals surface area contributed by atoms with Gasteiger partial charge >= 0.3 is 6.18 Å². The maximum Gasteiger partial charge on any atom is 0.433 e. The molecule has 3 heterocycles. The summed E-state index contributed by atoms with van der Waals surface area (Å²) >= 11 is 2.13. The van der Waals surface area contributed by atoms with Gasteiger partial charge in [-0.25, -0.2) is 14.4 Å². The third kappa shape index (κ3) is 4.91. The van der Waals surface area contributed by atoms with Crippen LogP contribution in [0.25, 0.3) is 0 Å². The Morgan fingerprint density at radius 3 is 2.66 bits per heavy atom. The minimum absolute atomic E-state index is 0.302. The van der Waals surface area contributed by atoms with E-state index in [4.69, 9.17) is 0 Å². The van der Waals surface area contributed by atoms with Crippen molar-refractivity contribution in [1.82, 2.24) is 15.0 Å². The number of benzene rings is 1. The van der Waals surface area contributed by atoms with Gasteiger partial charge in [-0.3, -0.25) is 9.59 Å². The van der Waals surface area contributed by atoms with Gasteiger partial charge in [-0.1, -0.05) is 30.0 Å². The first-order valence-corrected chi connectivity index (χ1v) is 11.1. The van der Waals surface area contributed by atoms with E-state index in [0.717, 1.165) is 4.88 Å². The van der Waals surface area contributed by atoms with Crippen LogP contribution >= 0.6 is 23.1 Å². The van der Waals surface area contributed by atoms with Crippen LogP contribution in [0.5, 0.6) is 0 Å². The van der Waals surface area contributed by atoms with Gasteiger partial charge in [0.05, 0.1) is 22.4 Å². The summed E-state index contributed by atoms with van der Waals surface area (Å²) in [6, 6.07) is 9.28. The topological polar surface area (TPSA) is 78.4 Å². The van der Waals surface area contributed by atoms with Crippen molar-refractivity contribution in [3.05, 3.63) is 80.2 Å². The van der Waals surface area contributed by atoms with Crippen molar-refractivity contribution >= 4 is 34.7 Å². The lowest BCUT2D eigenvalue weighted by Crippen LogP contribution is -2.29. The number of rotatable bonds is 5. The lowest BCUT2D eigenvalue weighted by Gasteiger charge is -2.22. The molecule has 0 radical (unpaired) electrons. The number of nitrogens with one attached hydrogen (secondary N) is 1. The second-order valence-corrected chi connectivity index (χ2v) is 8.67. The molecule has 0 saturated carbocycles. The molecular weight excluding hydrogens is 468 g/mol. The highest BCUT2D eigenvalue weighted by atomic mass is 32.2. The monoisotopic (exact) mass is 482 g/mol. The first kappa shape index (κ1) is 22.2. The van der Waals surface area contributed by atoms with Crippen LogP contribution in [0.15, 0.2) is 62.9 Å². The van der Waals surface area contributed by atoms with Crippen molar-refractivity contribution in [2.45, 2.75) is 23.8 Å². The van der Waals surface area contributed by atoms with Crippen molar-refractivity contribution in [1.29, 1.82) is 0 Å². The molecule has 1 aliphatic rings. The van der Waals surface area contributed by atoms with Gasteiger partial charge in [0, 0.05) is 12.5 Å². The SMILES string of the molecule is O=C(CSc1nc(C(F)(F)F)cc(=O)[nH]1)N1N=C(c2cccs2)C[C@H]1c1ccc(F)cc1. The number of aromatic amines is 1. The Morgan fingerprint density at radius 1 is 1.25 bits per heavy atom.